The predicted octanol–water partition coefficient (Wildman–Crippen LogP) is 6.66. The predicted molar refractivity (Wildman–Crippen MR) is 127 cm³/mol. The molecule has 0 aliphatic heterocycles. The van der Waals surface area contributed by atoms with E-state index in [-0.39, 0.29) is 5.91 Å². The van der Waals surface area contributed by atoms with Gasteiger partial charge in [0.1, 0.15) is 0 Å². The van der Waals surface area contributed by atoms with Crippen molar-refractivity contribution in [3.63, 3.8) is 0 Å². The number of aryl methyl sites for hydroxylation is 1. The molecule has 4 aromatic rings. The van der Waals surface area contributed by atoms with Gasteiger partial charge in [0.2, 0.25) is 5.91 Å². The van der Waals surface area contributed by atoms with E-state index in [1.54, 1.807) is 0 Å². The van der Waals surface area contributed by atoms with Crippen molar-refractivity contribution in [2.24, 2.45) is 0 Å². The first-order valence-corrected chi connectivity index (χ1v) is 11.0. The van der Waals surface area contributed by atoms with Crippen LogP contribution in [0.15, 0.2) is 85.2 Å². The number of pyridine rings is 1. The van der Waals surface area contributed by atoms with E-state index in [2.05, 4.69) is 59.7 Å². The van der Waals surface area contributed by atoms with Gasteiger partial charge in [-0.15, -0.1) is 0 Å². The minimum atomic E-state index is -0.430. The third kappa shape index (κ3) is 3.61. The minimum absolute atomic E-state index is 0.105. The largest absolute Gasteiger partial charge is 0.325 e. The van der Waals surface area contributed by atoms with Gasteiger partial charge in [-0.05, 0) is 71.7 Å². The number of aromatic nitrogens is 1. The number of carbonyl (C=O) groups excluding carboxylic acids is 1. The van der Waals surface area contributed by atoms with Crippen molar-refractivity contribution in [1.29, 1.82) is 0 Å². The van der Waals surface area contributed by atoms with E-state index in [4.69, 9.17) is 0 Å². The molecule has 0 spiro atoms. The van der Waals surface area contributed by atoms with Gasteiger partial charge >= 0.3 is 0 Å². The summed E-state index contributed by atoms with van der Waals surface area (Å²) < 4.78 is 0. The summed E-state index contributed by atoms with van der Waals surface area (Å²) in [6.45, 7) is 2.11. The maximum Gasteiger partial charge on any atom is 0.235 e. The van der Waals surface area contributed by atoms with E-state index in [0.29, 0.717) is 0 Å². The Kier molecular flexibility index (Phi) is 5.03. The first-order chi connectivity index (χ1) is 15.2. The molecule has 1 aromatic heterocycles. The summed E-state index contributed by atoms with van der Waals surface area (Å²) in [7, 11) is 0. The Balaban J connectivity index is 1.48. The maximum absolute atomic E-state index is 13.5. The molecule has 154 valence electrons. The first kappa shape index (κ1) is 19.5. The van der Waals surface area contributed by atoms with E-state index in [1.807, 2.05) is 42.7 Å². The normalized spacial score (nSPS) is 15.1. The maximum atomic E-state index is 13.5. The van der Waals surface area contributed by atoms with Crippen LogP contribution < -0.4 is 5.32 Å². The van der Waals surface area contributed by atoms with Crippen molar-refractivity contribution in [2.75, 3.05) is 5.32 Å². The number of amides is 1. The number of anilines is 1. The third-order valence-corrected chi connectivity index (χ3v) is 6.67. The average Bonchev–Trinajstić information content (AvgIpc) is 3.32. The zero-order valence-corrected chi connectivity index (χ0v) is 17.8. The number of nitrogens with zero attached hydrogens (tertiary/aromatic N) is 1. The lowest BCUT2D eigenvalue weighted by molar-refractivity contribution is -0.121. The van der Waals surface area contributed by atoms with Gasteiger partial charge in [0.05, 0.1) is 5.41 Å². The molecule has 1 amide bonds. The zero-order chi connectivity index (χ0) is 21.3. The third-order valence-electron chi connectivity index (χ3n) is 6.67. The lowest BCUT2D eigenvalue weighted by Crippen LogP contribution is -2.37. The van der Waals surface area contributed by atoms with Gasteiger partial charge in [-0.1, -0.05) is 61.4 Å². The Morgan fingerprint density at radius 1 is 0.903 bits per heavy atom. The highest BCUT2D eigenvalue weighted by atomic mass is 16.2. The van der Waals surface area contributed by atoms with Crippen LogP contribution in [-0.4, -0.2) is 10.9 Å². The zero-order valence-electron chi connectivity index (χ0n) is 17.8. The van der Waals surface area contributed by atoms with Crippen LogP contribution in [0.2, 0.25) is 0 Å². The summed E-state index contributed by atoms with van der Waals surface area (Å²) in [5.74, 6) is 0.105. The SMILES string of the molecule is Cc1ccc(NC(=O)C2(c3ccccc3)CCCC2)cc1-c1ccc2ccncc2c1. The summed E-state index contributed by atoms with van der Waals surface area (Å²) in [6.07, 6.45) is 7.69. The average molecular weight is 407 g/mol. The Bertz CT molecular complexity index is 1240. The second kappa shape index (κ2) is 7.99. The molecule has 1 fully saturated rings. The fourth-order valence-electron chi connectivity index (χ4n) is 4.90. The molecule has 1 aliphatic carbocycles. The lowest BCUT2D eigenvalue weighted by Gasteiger charge is -2.28. The van der Waals surface area contributed by atoms with Crippen LogP contribution in [0, 0.1) is 6.92 Å². The van der Waals surface area contributed by atoms with Crippen molar-refractivity contribution in [3.05, 3.63) is 96.3 Å². The highest BCUT2D eigenvalue weighted by molar-refractivity contribution is 6.00. The van der Waals surface area contributed by atoms with Gasteiger partial charge < -0.3 is 5.32 Å². The fraction of sp³-hybridized carbons (Fsp3) is 0.214. The van der Waals surface area contributed by atoms with Gasteiger partial charge in [0, 0.05) is 23.5 Å². The van der Waals surface area contributed by atoms with Gasteiger partial charge in [-0.25, -0.2) is 0 Å². The summed E-state index contributed by atoms with van der Waals surface area (Å²) in [5.41, 5.74) is 4.98. The molecule has 3 heteroatoms. The second-order valence-electron chi connectivity index (χ2n) is 8.58. The second-order valence-corrected chi connectivity index (χ2v) is 8.58. The van der Waals surface area contributed by atoms with E-state index in [0.717, 1.165) is 53.4 Å². The van der Waals surface area contributed by atoms with E-state index < -0.39 is 5.41 Å². The molecule has 31 heavy (non-hydrogen) atoms. The highest BCUT2D eigenvalue weighted by Crippen LogP contribution is 2.42. The van der Waals surface area contributed by atoms with E-state index in [9.17, 15) is 4.79 Å². The number of benzene rings is 3. The highest BCUT2D eigenvalue weighted by Gasteiger charge is 2.42. The molecule has 1 saturated carbocycles. The smallest absolute Gasteiger partial charge is 0.235 e. The Labute approximate surface area is 183 Å². The van der Waals surface area contributed by atoms with Crippen molar-refractivity contribution >= 4 is 22.4 Å². The molecule has 0 unspecified atom stereocenters. The molecular formula is C28H26N2O. The Hall–Kier alpha value is -3.46. The van der Waals surface area contributed by atoms with Crippen molar-refractivity contribution < 1.29 is 4.79 Å². The van der Waals surface area contributed by atoms with Crippen LogP contribution in [0.25, 0.3) is 21.9 Å². The number of rotatable bonds is 4. The molecule has 0 saturated heterocycles. The van der Waals surface area contributed by atoms with Crippen molar-refractivity contribution in [2.45, 2.75) is 38.0 Å². The van der Waals surface area contributed by atoms with Crippen LogP contribution in [0.1, 0.15) is 36.8 Å². The van der Waals surface area contributed by atoms with Gasteiger partial charge in [0.15, 0.2) is 0 Å². The molecular weight excluding hydrogens is 380 g/mol. The Morgan fingerprint density at radius 2 is 1.71 bits per heavy atom. The van der Waals surface area contributed by atoms with E-state index in [1.165, 1.54) is 10.9 Å². The Morgan fingerprint density at radius 3 is 2.52 bits per heavy atom. The topological polar surface area (TPSA) is 42.0 Å². The van der Waals surface area contributed by atoms with Gasteiger partial charge in [-0.2, -0.15) is 0 Å². The van der Waals surface area contributed by atoms with Crippen LogP contribution >= 0.6 is 0 Å². The van der Waals surface area contributed by atoms with Crippen molar-refractivity contribution in [3.8, 4) is 11.1 Å². The molecule has 5 rings (SSSR count). The summed E-state index contributed by atoms with van der Waals surface area (Å²) >= 11 is 0. The van der Waals surface area contributed by atoms with Crippen LogP contribution in [0.4, 0.5) is 5.69 Å². The number of hydrogen-bond acceptors (Lipinski definition) is 2. The summed E-state index contributed by atoms with van der Waals surface area (Å²) in [4.78, 5) is 17.8. The molecule has 1 aliphatic rings. The van der Waals surface area contributed by atoms with E-state index >= 15 is 0 Å². The lowest BCUT2D eigenvalue weighted by atomic mass is 9.78. The van der Waals surface area contributed by atoms with Crippen LogP contribution in [0.5, 0.6) is 0 Å². The molecule has 3 aromatic carbocycles. The molecule has 0 radical (unpaired) electrons. The summed E-state index contributed by atoms with van der Waals surface area (Å²) in [5, 5.41) is 5.53. The van der Waals surface area contributed by atoms with Crippen molar-refractivity contribution in [1.82, 2.24) is 4.98 Å². The molecule has 3 nitrogen and oxygen atoms in total. The van der Waals surface area contributed by atoms with Crippen LogP contribution in [-0.2, 0) is 10.2 Å². The number of hydrogen-bond donors (Lipinski definition) is 1. The first-order valence-electron chi connectivity index (χ1n) is 11.0. The van der Waals surface area contributed by atoms with Gasteiger partial charge in [-0.3, -0.25) is 9.78 Å². The quantitative estimate of drug-likeness (QED) is 0.412. The number of nitrogens with one attached hydrogen (secondary N) is 1. The molecule has 0 atom stereocenters. The summed E-state index contributed by atoms with van der Waals surface area (Å²) in [6, 6.07) is 24.9. The van der Waals surface area contributed by atoms with Crippen LogP contribution in [0.3, 0.4) is 0 Å². The standard InChI is InChI=1S/C28H26N2O/c1-20-9-12-25(18-26(20)22-11-10-21-13-16-29-19-23(21)17-22)30-27(31)28(14-5-6-15-28)24-7-3-2-4-8-24/h2-4,7-13,16-19H,5-6,14-15H2,1H3,(H,30,31). The monoisotopic (exact) mass is 406 g/mol. The fourth-order valence-corrected chi connectivity index (χ4v) is 4.90. The molecule has 1 heterocycles. The molecule has 0 bridgehead atoms. The number of carbonyl (C=O) groups is 1. The minimum Gasteiger partial charge on any atom is -0.325 e. The number of fused-ring (bicyclic) bond motifs is 1. The van der Waals surface area contributed by atoms with Gasteiger partial charge in [0.25, 0.3) is 0 Å². The molecule has 1 N–H and O–H groups in total.